The first-order valence-electron chi connectivity index (χ1n) is 9.85. The first kappa shape index (κ1) is 19.9. The minimum atomic E-state index is 0.0121. The van der Waals surface area contributed by atoms with Crippen molar-refractivity contribution in [2.24, 2.45) is 0 Å². The van der Waals surface area contributed by atoms with Crippen LogP contribution < -0.4 is 5.32 Å². The lowest BCUT2D eigenvalue weighted by Gasteiger charge is -2.27. The van der Waals surface area contributed by atoms with Gasteiger partial charge in [0.15, 0.2) is 5.11 Å². The molecule has 0 radical (unpaired) electrons. The second-order valence-corrected chi connectivity index (χ2v) is 8.33. The van der Waals surface area contributed by atoms with Gasteiger partial charge in [0.25, 0.3) is 0 Å². The highest BCUT2D eigenvalue weighted by molar-refractivity contribution is 7.80. The molecule has 150 valence electrons. The topological polar surface area (TPSA) is 33.1 Å². The van der Waals surface area contributed by atoms with Crippen molar-refractivity contribution >= 4 is 28.9 Å². The SMILES string of the molecule is CCN1C(=S)NC(c2ccccn2)C1c1cc(C)n(-c2cc(Cl)ccc2C)c1C. The summed E-state index contributed by atoms with van der Waals surface area (Å²) in [5, 5.41) is 5.02. The fraction of sp³-hybridized carbons (Fsp3) is 0.304. The Balaban J connectivity index is 1.86. The van der Waals surface area contributed by atoms with E-state index in [2.05, 4.69) is 65.7 Å². The number of aryl methyl sites for hydroxylation is 2. The van der Waals surface area contributed by atoms with Crippen molar-refractivity contribution in [1.29, 1.82) is 0 Å². The maximum atomic E-state index is 6.32. The third kappa shape index (κ3) is 3.43. The minimum absolute atomic E-state index is 0.0121. The van der Waals surface area contributed by atoms with Crippen LogP contribution in [0.15, 0.2) is 48.7 Å². The molecule has 0 aliphatic carbocycles. The number of hydrogen-bond acceptors (Lipinski definition) is 2. The molecule has 4 rings (SSSR count). The van der Waals surface area contributed by atoms with E-state index in [4.69, 9.17) is 23.8 Å². The molecule has 3 aromatic rings. The molecule has 1 aliphatic rings. The van der Waals surface area contributed by atoms with Crippen LogP contribution in [0.2, 0.25) is 5.02 Å². The molecule has 1 saturated heterocycles. The fourth-order valence-electron chi connectivity index (χ4n) is 4.37. The zero-order valence-electron chi connectivity index (χ0n) is 17.1. The lowest BCUT2D eigenvalue weighted by molar-refractivity contribution is 0.329. The molecular formula is C23H25ClN4S. The number of pyridine rings is 1. The highest BCUT2D eigenvalue weighted by Crippen LogP contribution is 2.41. The molecule has 1 aromatic carbocycles. The molecule has 0 spiro atoms. The van der Waals surface area contributed by atoms with Crippen LogP contribution in [0.25, 0.3) is 5.69 Å². The van der Waals surface area contributed by atoms with Crippen LogP contribution in [0.4, 0.5) is 0 Å². The van der Waals surface area contributed by atoms with Crippen LogP contribution >= 0.6 is 23.8 Å². The van der Waals surface area contributed by atoms with E-state index >= 15 is 0 Å². The molecule has 2 aromatic heterocycles. The summed E-state index contributed by atoms with van der Waals surface area (Å²) in [5.74, 6) is 0. The highest BCUT2D eigenvalue weighted by atomic mass is 35.5. The molecule has 2 unspecified atom stereocenters. The van der Waals surface area contributed by atoms with Gasteiger partial charge >= 0.3 is 0 Å². The normalized spacial score (nSPS) is 18.9. The monoisotopic (exact) mass is 424 g/mol. The summed E-state index contributed by atoms with van der Waals surface area (Å²) in [6.45, 7) is 9.41. The Kier molecular flexibility index (Phi) is 5.36. The molecule has 1 N–H and O–H groups in total. The smallest absolute Gasteiger partial charge is 0.170 e. The van der Waals surface area contributed by atoms with Crippen molar-refractivity contribution in [2.75, 3.05) is 6.54 Å². The van der Waals surface area contributed by atoms with Crippen molar-refractivity contribution in [3.8, 4) is 5.69 Å². The van der Waals surface area contributed by atoms with E-state index in [1.165, 1.54) is 22.5 Å². The molecule has 29 heavy (non-hydrogen) atoms. The van der Waals surface area contributed by atoms with Gasteiger partial charge in [-0.25, -0.2) is 0 Å². The molecule has 0 bridgehead atoms. The van der Waals surface area contributed by atoms with Gasteiger partial charge in [-0.1, -0.05) is 23.7 Å². The molecular weight excluding hydrogens is 400 g/mol. The van der Waals surface area contributed by atoms with E-state index in [9.17, 15) is 0 Å². The summed E-state index contributed by atoms with van der Waals surface area (Å²) < 4.78 is 2.29. The van der Waals surface area contributed by atoms with E-state index in [-0.39, 0.29) is 12.1 Å². The van der Waals surface area contributed by atoms with E-state index in [0.717, 1.165) is 28.1 Å². The number of rotatable bonds is 4. The predicted molar refractivity (Wildman–Crippen MR) is 123 cm³/mol. The van der Waals surface area contributed by atoms with Crippen molar-refractivity contribution in [1.82, 2.24) is 19.8 Å². The largest absolute Gasteiger partial charge is 0.352 e. The van der Waals surface area contributed by atoms with Crippen molar-refractivity contribution in [2.45, 2.75) is 39.8 Å². The number of likely N-dealkylation sites (N-methyl/N-ethyl adjacent to an activating group) is 1. The molecule has 1 aliphatic heterocycles. The van der Waals surface area contributed by atoms with Crippen LogP contribution in [0.5, 0.6) is 0 Å². The van der Waals surface area contributed by atoms with E-state index in [0.29, 0.717) is 0 Å². The summed E-state index contributed by atoms with van der Waals surface area (Å²) in [7, 11) is 0. The average Bonchev–Trinajstić information content (AvgIpc) is 3.19. The van der Waals surface area contributed by atoms with Crippen LogP contribution in [-0.2, 0) is 0 Å². The summed E-state index contributed by atoms with van der Waals surface area (Å²) in [6, 6.07) is 14.4. The van der Waals surface area contributed by atoms with Gasteiger partial charge < -0.3 is 14.8 Å². The maximum absolute atomic E-state index is 6.32. The van der Waals surface area contributed by atoms with E-state index in [1.807, 2.05) is 30.5 Å². The summed E-state index contributed by atoms with van der Waals surface area (Å²) in [6.07, 6.45) is 1.84. The molecule has 1 fully saturated rings. The zero-order valence-corrected chi connectivity index (χ0v) is 18.7. The highest BCUT2D eigenvalue weighted by Gasteiger charge is 2.40. The first-order chi connectivity index (χ1) is 13.9. The predicted octanol–water partition coefficient (Wildman–Crippen LogP) is 5.44. The Bertz CT molecular complexity index is 1060. The van der Waals surface area contributed by atoms with E-state index in [1.54, 1.807) is 0 Å². The van der Waals surface area contributed by atoms with Gasteiger partial charge in [0.2, 0.25) is 0 Å². The lowest BCUT2D eigenvalue weighted by atomic mass is 9.97. The van der Waals surface area contributed by atoms with Crippen LogP contribution in [0.3, 0.4) is 0 Å². The van der Waals surface area contributed by atoms with Crippen molar-refractivity contribution < 1.29 is 0 Å². The molecule has 0 saturated carbocycles. The van der Waals surface area contributed by atoms with Gasteiger partial charge in [-0.05, 0) is 81.4 Å². The molecule has 6 heteroatoms. The Morgan fingerprint density at radius 1 is 1.14 bits per heavy atom. The summed E-state index contributed by atoms with van der Waals surface area (Å²) in [4.78, 5) is 6.86. The zero-order chi connectivity index (χ0) is 20.7. The van der Waals surface area contributed by atoms with Gasteiger partial charge in [-0.2, -0.15) is 0 Å². The maximum Gasteiger partial charge on any atom is 0.170 e. The van der Waals surface area contributed by atoms with Crippen LogP contribution in [0, 0.1) is 20.8 Å². The van der Waals surface area contributed by atoms with Gasteiger partial charge in [0.05, 0.1) is 17.8 Å². The standard InChI is InChI=1S/C23H25ClN4S/c1-5-27-22(21(26-23(27)29)19-8-6-7-11-25-19)18-12-15(3)28(16(18)4)20-13-17(24)10-9-14(20)2/h6-13,21-22H,5H2,1-4H3,(H,26,29). The molecule has 2 atom stereocenters. The Morgan fingerprint density at radius 2 is 1.93 bits per heavy atom. The fourth-order valence-corrected chi connectivity index (χ4v) is 4.90. The number of hydrogen-bond donors (Lipinski definition) is 1. The van der Waals surface area contributed by atoms with Crippen molar-refractivity contribution in [3.63, 3.8) is 0 Å². The lowest BCUT2D eigenvalue weighted by Crippen LogP contribution is -2.29. The number of thiocarbonyl (C=S) groups is 1. The third-order valence-electron chi connectivity index (χ3n) is 5.74. The quantitative estimate of drug-likeness (QED) is 0.565. The van der Waals surface area contributed by atoms with Gasteiger partial charge in [-0.15, -0.1) is 0 Å². The molecule has 4 nitrogen and oxygen atoms in total. The number of benzene rings is 1. The number of nitrogens with zero attached hydrogens (tertiary/aromatic N) is 3. The third-order valence-corrected chi connectivity index (χ3v) is 6.33. The van der Waals surface area contributed by atoms with Gasteiger partial charge in [-0.3, -0.25) is 4.98 Å². The van der Waals surface area contributed by atoms with E-state index < -0.39 is 0 Å². The Labute approximate surface area is 182 Å². The number of aromatic nitrogens is 2. The summed E-state index contributed by atoms with van der Waals surface area (Å²) >= 11 is 12.0. The second-order valence-electron chi connectivity index (χ2n) is 7.51. The summed E-state index contributed by atoms with van der Waals surface area (Å²) in [5.41, 5.74) is 6.94. The van der Waals surface area contributed by atoms with Crippen LogP contribution in [-0.4, -0.2) is 26.1 Å². The second kappa shape index (κ2) is 7.81. The molecule has 0 amide bonds. The minimum Gasteiger partial charge on any atom is -0.352 e. The van der Waals surface area contributed by atoms with Gasteiger partial charge in [0.1, 0.15) is 0 Å². The number of halogens is 1. The first-order valence-corrected chi connectivity index (χ1v) is 10.6. The van der Waals surface area contributed by atoms with Crippen LogP contribution in [0.1, 0.15) is 47.2 Å². The number of nitrogens with one attached hydrogen (secondary N) is 1. The average molecular weight is 425 g/mol. The Morgan fingerprint density at radius 3 is 2.62 bits per heavy atom. The Hall–Kier alpha value is -2.37. The van der Waals surface area contributed by atoms with Gasteiger partial charge in [0, 0.05) is 34.8 Å². The molecule has 3 heterocycles. The van der Waals surface area contributed by atoms with Crippen molar-refractivity contribution in [3.05, 3.63) is 81.9 Å².